The van der Waals surface area contributed by atoms with Gasteiger partial charge in [-0.25, -0.2) is 9.18 Å². The van der Waals surface area contributed by atoms with Gasteiger partial charge < -0.3 is 9.47 Å². The van der Waals surface area contributed by atoms with Crippen LogP contribution in [0.1, 0.15) is 22.3 Å². The summed E-state index contributed by atoms with van der Waals surface area (Å²) in [6, 6.07) is 4.87. The number of methoxy groups -OCH3 is 2. The van der Waals surface area contributed by atoms with Gasteiger partial charge in [0.2, 0.25) is 5.78 Å². The van der Waals surface area contributed by atoms with Gasteiger partial charge in [-0.15, -0.1) is 0 Å². The molecule has 1 atom stereocenters. The number of carbonyl (C=O) groups excluding carboxylic acids is 2. The number of fused-ring (bicyclic) bond motifs is 1. The molecule has 18 heavy (non-hydrogen) atoms. The average Bonchev–Trinajstić information content (AvgIpc) is 2.41. The number of hydrogen-bond acceptors (Lipinski definition) is 4. The van der Waals surface area contributed by atoms with Gasteiger partial charge in [-0.3, -0.25) is 4.79 Å². The van der Waals surface area contributed by atoms with Crippen LogP contribution in [-0.4, -0.2) is 31.6 Å². The lowest BCUT2D eigenvalue weighted by molar-refractivity contribution is -0.151. The monoisotopic (exact) mass is 252 g/mol. The van der Waals surface area contributed by atoms with Crippen LogP contribution in [0.4, 0.5) is 4.39 Å². The van der Waals surface area contributed by atoms with Crippen LogP contribution in [0.3, 0.4) is 0 Å². The molecule has 0 amide bonds. The lowest BCUT2D eigenvalue weighted by atomic mass is 9.80. The molecule has 1 aromatic carbocycles. The lowest BCUT2D eigenvalue weighted by Gasteiger charge is -2.27. The van der Waals surface area contributed by atoms with Gasteiger partial charge >= 0.3 is 5.97 Å². The maximum atomic E-state index is 14.4. The molecular formula is C13H13FO4. The summed E-state index contributed by atoms with van der Waals surface area (Å²) in [7, 11) is 2.52. The minimum absolute atomic E-state index is 0.183. The zero-order chi connectivity index (χ0) is 13.3. The summed E-state index contributed by atoms with van der Waals surface area (Å²) in [5.41, 5.74) is -1.67. The van der Waals surface area contributed by atoms with E-state index in [2.05, 4.69) is 4.74 Å². The highest BCUT2D eigenvalue weighted by Gasteiger charge is 2.50. The van der Waals surface area contributed by atoms with Crippen LogP contribution in [0.2, 0.25) is 0 Å². The van der Waals surface area contributed by atoms with Crippen LogP contribution in [-0.2, 0) is 16.0 Å². The van der Waals surface area contributed by atoms with Gasteiger partial charge in [0.05, 0.1) is 14.2 Å². The quantitative estimate of drug-likeness (QED) is 0.594. The number of ether oxygens (including phenoxy) is 2. The Bertz CT molecular complexity index is 512. The van der Waals surface area contributed by atoms with Crippen LogP contribution >= 0.6 is 0 Å². The van der Waals surface area contributed by atoms with Crippen molar-refractivity contribution >= 4 is 11.8 Å². The number of aryl methyl sites for hydroxylation is 1. The van der Waals surface area contributed by atoms with Crippen molar-refractivity contribution in [3.8, 4) is 5.75 Å². The number of carbonyl (C=O) groups is 2. The molecular weight excluding hydrogens is 239 g/mol. The molecule has 1 aromatic rings. The van der Waals surface area contributed by atoms with Crippen molar-refractivity contribution in [1.82, 2.24) is 0 Å². The summed E-state index contributed by atoms with van der Waals surface area (Å²) in [5, 5.41) is 0. The van der Waals surface area contributed by atoms with Crippen LogP contribution in [0.15, 0.2) is 18.2 Å². The Morgan fingerprint density at radius 1 is 1.39 bits per heavy atom. The molecule has 5 heteroatoms. The van der Waals surface area contributed by atoms with E-state index in [-0.39, 0.29) is 12.0 Å². The second kappa shape index (κ2) is 4.40. The molecule has 4 nitrogen and oxygen atoms in total. The molecule has 0 saturated heterocycles. The number of halogens is 1. The van der Waals surface area contributed by atoms with Gasteiger partial charge in [-0.1, -0.05) is 6.07 Å². The summed E-state index contributed by atoms with van der Waals surface area (Å²) in [5.74, 6) is -1.54. The zero-order valence-corrected chi connectivity index (χ0v) is 10.2. The van der Waals surface area contributed by atoms with Gasteiger partial charge in [-0.05, 0) is 24.1 Å². The molecule has 0 aliphatic heterocycles. The summed E-state index contributed by atoms with van der Waals surface area (Å²) in [6.07, 6.45) is 0.133. The van der Waals surface area contributed by atoms with E-state index in [4.69, 9.17) is 4.74 Å². The molecule has 1 aliphatic carbocycles. The SMILES string of the molecule is COC(=O)C1(F)CCc2ccc(OC)cc2C1=O. The third-order valence-corrected chi connectivity index (χ3v) is 3.17. The van der Waals surface area contributed by atoms with E-state index >= 15 is 0 Å². The van der Waals surface area contributed by atoms with Gasteiger partial charge in [0, 0.05) is 12.0 Å². The van der Waals surface area contributed by atoms with E-state index < -0.39 is 17.4 Å². The molecule has 0 spiro atoms. The molecule has 0 fully saturated rings. The normalized spacial score (nSPS) is 22.3. The standard InChI is InChI=1S/C13H13FO4/c1-17-9-4-3-8-5-6-13(14,12(16)18-2)11(15)10(8)7-9/h3-4,7H,5-6H2,1-2H3. The molecule has 96 valence electrons. The Morgan fingerprint density at radius 3 is 2.72 bits per heavy atom. The fourth-order valence-corrected chi connectivity index (χ4v) is 2.10. The van der Waals surface area contributed by atoms with E-state index in [1.165, 1.54) is 13.2 Å². The highest BCUT2D eigenvalue weighted by molar-refractivity contribution is 6.16. The average molecular weight is 252 g/mol. The molecule has 1 aliphatic rings. The Balaban J connectivity index is 2.47. The van der Waals surface area contributed by atoms with Crippen molar-refractivity contribution in [2.24, 2.45) is 0 Å². The van der Waals surface area contributed by atoms with Crippen molar-refractivity contribution in [3.63, 3.8) is 0 Å². The summed E-state index contributed by atoms with van der Waals surface area (Å²) in [4.78, 5) is 23.5. The van der Waals surface area contributed by atoms with Crippen molar-refractivity contribution < 1.29 is 23.5 Å². The summed E-state index contributed by atoms with van der Waals surface area (Å²) < 4.78 is 23.8. The van der Waals surface area contributed by atoms with Crippen molar-refractivity contribution in [2.45, 2.75) is 18.5 Å². The fraction of sp³-hybridized carbons (Fsp3) is 0.385. The second-order valence-corrected chi connectivity index (χ2v) is 4.14. The van der Waals surface area contributed by atoms with E-state index in [0.717, 1.165) is 12.7 Å². The van der Waals surface area contributed by atoms with E-state index in [0.29, 0.717) is 12.2 Å². The molecule has 0 heterocycles. The zero-order valence-electron chi connectivity index (χ0n) is 10.2. The number of ketones is 1. The van der Waals surface area contributed by atoms with Crippen LogP contribution < -0.4 is 4.74 Å². The predicted molar refractivity (Wildman–Crippen MR) is 61.5 cm³/mol. The Kier molecular flexibility index (Phi) is 3.07. The summed E-state index contributed by atoms with van der Waals surface area (Å²) >= 11 is 0. The number of esters is 1. The molecule has 0 aromatic heterocycles. The van der Waals surface area contributed by atoms with Crippen LogP contribution in [0.25, 0.3) is 0 Å². The number of alkyl halides is 1. The number of Topliss-reactive ketones (excluding diaryl/α,β-unsaturated/α-hetero) is 1. The maximum absolute atomic E-state index is 14.4. The van der Waals surface area contributed by atoms with Crippen molar-refractivity contribution in [2.75, 3.05) is 14.2 Å². The Labute approximate surface area is 104 Å². The molecule has 0 radical (unpaired) electrons. The second-order valence-electron chi connectivity index (χ2n) is 4.14. The lowest BCUT2D eigenvalue weighted by Crippen LogP contribution is -2.46. The minimum atomic E-state index is -2.58. The third kappa shape index (κ3) is 1.75. The van der Waals surface area contributed by atoms with Crippen molar-refractivity contribution in [3.05, 3.63) is 29.3 Å². The van der Waals surface area contributed by atoms with Gasteiger partial charge in [0.25, 0.3) is 5.67 Å². The molecule has 0 saturated carbocycles. The third-order valence-electron chi connectivity index (χ3n) is 3.17. The molecule has 0 bridgehead atoms. The van der Waals surface area contributed by atoms with E-state index in [1.807, 2.05) is 0 Å². The predicted octanol–water partition coefficient (Wildman–Crippen LogP) is 1.71. The highest BCUT2D eigenvalue weighted by atomic mass is 19.1. The molecule has 1 unspecified atom stereocenters. The number of rotatable bonds is 2. The number of hydrogen-bond donors (Lipinski definition) is 0. The first-order valence-corrected chi connectivity index (χ1v) is 5.52. The minimum Gasteiger partial charge on any atom is -0.497 e. The fourth-order valence-electron chi connectivity index (χ4n) is 2.10. The smallest absolute Gasteiger partial charge is 0.351 e. The first kappa shape index (κ1) is 12.5. The maximum Gasteiger partial charge on any atom is 0.351 e. The Hall–Kier alpha value is -1.91. The van der Waals surface area contributed by atoms with E-state index in [1.54, 1.807) is 12.1 Å². The first-order valence-electron chi connectivity index (χ1n) is 5.52. The molecule has 0 N–H and O–H groups in total. The van der Waals surface area contributed by atoms with Gasteiger partial charge in [0.1, 0.15) is 5.75 Å². The summed E-state index contributed by atoms with van der Waals surface area (Å²) in [6.45, 7) is 0. The topological polar surface area (TPSA) is 52.6 Å². The van der Waals surface area contributed by atoms with E-state index in [9.17, 15) is 14.0 Å². The number of benzene rings is 1. The first-order chi connectivity index (χ1) is 8.52. The van der Waals surface area contributed by atoms with Crippen LogP contribution in [0.5, 0.6) is 5.75 Å². The van der Waals surface area contributed by atoms with Crippen molar-refractivity contribution in [1.29, 1.82) is 0 Å². The van der Waals surface area contributed by atoms with Gasteiger partial charge in [-0.2, -0.15) is 0 Å². The Morgan fingerprint density at radius 2 is 2.11 bits per heavy atom. The van der Waals surface area contributed by atoms with Gasteiger partial charge in [0.15, 0.2) is 0 Å². The molecule has 2 rings (SSSR count). The largest absolute Gasteiger partial charge is 0.497 e. The van der Waals surface area contributed by atoms with Crippen LogP contribution in [0, 0.1) is 0 Å². The highest BCUT2D eigenvalue weighted by Crippen LogP contribution is 2.34.